The first-order chi connectivity index (χ1) is 8.20. The van der Waals surface area contributed by atoms with Crippen molar-refractivity contribution in [2.45, 2.75) is 0 Å². The highest BCUT2D eigenvalue weighted by Crippen LogP contribution is 2.32. The van der Waals surface area contributed by atoms with Gasteiger partial charge in [-0.3, -0.25) is 0 Å². The van der Waals surface area contributed by atoms with Gasteiger partial charge in [-0.25, -0.2) is 13.2 Å². The van der Waals surface area contributed by atoms with Gasteiger partial charge in [-0.05, 0) is 12.1 Å². The summed E-state index contributed by atoms with van der Waals surface area (Å²) in [5.41, 5.74) is -0.207. The van der Waals surface area contributed by atoms with Crippen LogP contribution < -0.4 is 4.74 Å². The minimum atomic E-state index is -3.19. The lowest BCUT2D eigenvalue weighted by molar-refractivity contribution is 0.0692. The van der Waals surface area contributed by atoms with Crippen LogP contribution in [-0.2, 0) is 9.84 Å². The van der Waals surface area contributed by atoms with Crippen LogP contribution in [0.25, 0.3) is 0 Å². The second-order valence-corrected chi connectivity index (χ2v) is 6.65. The summed E-state index contributed by atoms with van der Waals surface area (Å²) in [4.78, 5) is 11.0. The monoisotopic (exact) mass is 312 g/mol. The van der Waals surface area contributed by atoms with E-state index in [2.05, 4.69) is 0 Å². The van der Waals surface area contributed by atoms with Crippen LogP contribution in [0.1, 0.15) is 10.4 Å². The fourth-order valence-electron chi connectivity index (χ4n) is 1.16. The van der Waals surface area contributed by atoms with Crippen LogP contribution in [-0.4, -0.2) is 38.1 Å². The molecular formula is C10H10Cl2O5S. The van der Waals surface area contributed by atoms with Gasteiger partial charge < -0.3 is 9.84 Å². The maximum atomic E-state index is 11.0. The van der Waals surface area contributed by atoms with Gasteiger partial charge in [0.25, 0.3) is 0 Å². The van der Waals surface area contributed by atoms with E-state index in [1.54, 1.807) is 0 Å². The summed E-state index contributed by atoms with van der Waals surface area (Å²) < 4.78 is 27.0. The average Bonchev–Trinajstić information content (AvgIpc) is 2.18. The van der Waals surface area contributed by atoms with Crippen molar-refractivity contribution in [2.24, 2.45) is 0 Å². The number of hydrogen-bond acceptors (Lipinski definition) is 4. The van der Waals surface area contributed by atoms with E-state index in [0.717, 1.165) is 6.26 Å². The SMILES string of the molecule is CS(=O)(=O)CCOc1c(Cl)cc(Cl)cc1C(=O)O. The predicted octanol–water partition coefficient (Wildman–Crippen LogP) is 2.12. The first-order valence-corrected chi connectivity index (χ1v) is 7.55. The fourth-order valence-corrected chi connectivity index (χ4v) is 2.10. The third-order valence-electron chi connectivity index (χ3n) is 1.94. The van der Waals surface area contributed by atoms with Crippen LogP contribution in [0.2, 0.25) is 10.0 Å². The second kappa shape index (κ2) is 5.77. The molecule has 5 nitrogen and oxygen atoms in total. The lowest BCUT2D eigenvalue weighted by Crippen LogP contribution is -2.14. The summed E-state index contributed by atoms with van der Waals surface area (Å²) in [5.74, 6) is -1.57. The molecule has 18 heavy (non-hydrogen) atoms. The zero-order chi connectivity index (χ0) is 13.9. The standard InChI is InChI=1S/C10H10Cl2O5S/c1-18(15,16)3-2-17-9-7(10(13)14)4-6(11)5-8(9)12/h4-5H,2-3H2,1H3,(H,13,14). The van der Waals surface area contributed by atoms with Gasteiger partial charge in [0, 0.05) is 11.3 Å². The number of carboxylic acids is 1. The zero-order valence-corrected chi connectivity index (χ0v) is 11.6. The molecule has 0 aliphatic heterocycles. The summed E-state index contributed by atoms with van der Waals surface area (Å²) in [7, 11) is -3.19. The molecule has 0 aliphatic rings. The number of sulfone groups is 1. The Morgan fingerprint density at radius 2 is 2.00 bits per heavy atom. The van der Waals surface area contributed by atoms with Crippen molar-refractivity contribution in [3.63, 3.8) is 0 Å². The van der Waals surface area contributed by atoms with E-state index in [1.807, 2.05) is 0 Å². The van der Waals surface area contributed by atoms with E-state index >= 15 is 0 Å². The summed E-state index contributed by atoms with van der Waals surface area (Å²) in [5, 5.41) is 9.14. The van der Waals surface area contributed by atoms with Crippen LogP contribution >= 0.6 is 23.2 Å². The Balaban J connectivity index is 2.97. The summed E-state index contributed by atoms with van der Waals surface area (Å²) in [6.07, 6.45) is 1.05. The first kappa shape index (κ1) is 15.1. The predicted molar refractivity (Wildman–Crippen MR) is 68.6 cm³/mol. The molecule has 0 fully saturated rings. The molecule has 100 valence electrons. The van der Waals surface area contributed by atoms with Crippen molar-refractivity contribution in [3.8, 4) is 5.75 Å². The van der Waals surface area contributed by atoms with Gasteiger partial charge in [0.1, 0.15) is 12.2 Å². The molecule has 0 atom stereocenters. The van der Waals surface area contributed by atoms with Crippen molar-refractivity contribution < 1.29 is 23.1 Å². The molecule has 1 rings (SSSR count). The Kier molecular flexibility index (Phi) is 4.84. The van der Waals surface area contributed by atoms with E-state index in [9.17, 15) is 13.2 Å². The number of ether oxygens (including phenoxy) is 1. The maximum Gasteiger partial charge on any atom is 0.339 e. The molecule has 8 heteroatoms. The number of aromatic carboxylic acids is 1. The number of halogens is 2. The first-order valence-electron chi connectivity index (χ1n) is 4.73. The minimum Gasteiger partial charge on any atom is -0.490 e. The van der Waals surface area contributed by atoms with Crippen molar-refractivity contribution in [1.29, 1.82) is 0 Å². The Labute approximate surface area is 114 Å². The molecule has 0 amide bonds. The number of carboxylic acid groups (broad SMARTS) is 1. The number of hydrogen-bond donors (Lipinski definition) is 1. The van der Waals surface area contributed by atoms with Crippen LogP contribution in [0.5, 0.6) is 5.75 Å². The van der Waals surface area contributed by atoms with Crippen molar-refractivity contribution >= 4 is 39.0 Å². The third kappa shape index (κ3) is 4.36. The van der Waals surface area contributed by atoms with Gasteiger partial charge in [0.15, 0.2) is 15.6 Å². The molecule has 1 N–H and O–H groups in total. The highest BCUT2D eigenvalue weighted by molar-refractivity contribution is 7.90. The van der Waals surface area contributed by atoms with Gasteiger partial charge in [-0.1, -0.05) is 23.2 Å². The molecule has 1 aromatic rings. The molecule has 0 saturated carbocycles. The maximum absolute atomic E-state index is 11.0. The smallest absolute Gasteiger partial charge is 0.339 e. The molecular weight excluding hydrogens is 303 g/mol. The highest BCUT2D eigenvalue weighted by Gasteiger charge is 2.17. The lowest BCUT2D eigenvalue weighted by atomic mass is 10.2. The Morgan fingerprint density at radius 1 is 1.39 bits per heavy atom. The van der Waals surface area contributed by atoms with Crippen LogP contribution in [0.4, 0.5) is 0 Å². The molecule has 0 bridgehead atoms. The molecule has 0 saturated heterocycles. The van der Waals surface area contributed by atoms with Gasteiger partial charge in [-0.2, -0.15) is 0 Å². The van der Waals surface area contributed by atoms with E-state index < -0.39 is 15.8 Å². The van der Waals surface area contributed by atoms with Gasteiger partial charge in [0.2, 0.25) is 0 Å². The Hall–Kier alpha value is -0.980. The normalized spacial score (nSPS) is 11.3. The summed E-state index contributed by atoms with van der Waals surface area (Å²) in [6.45, 7) is -0.180. The Morgan fingerprint density at radius 3 is 2.50 bits per heavy atom. The van der Waals surface area contributed by atoms with E-state index in [0.29, 0.717) is 0 Å². The van der Waals surface area contributed by atoms with Crippen LogP contribution in [0, 0.1) is 0 Å². The molecule has 0 unspecified atom stereocenters. The quantitative estimate of drug-likeness (QED) is 0.900. The van der Waals surface area contributed by atoms with Crippen molar-refractivity contribution in [2.75, 3.05) is 18.6 Å². The van der Waals surface area contributed by atoms with E-state index in [1.165, 1.54) is 12.1 Å². The van der Waals surface area contributed by atoms with Crippen molar-refractivity contribution in [3.05, 3.63) is 27.7 Å². The van der Waals surface area contributed by atoms with Gasteiger partial charge >= 0.3 is 5.97 Å². The second-order valence-electron chi connectivity index (χ2n) is 3.55. The van der Waals surface area contributed by atoms with Gasteiger partial charge in [0.05, 0.1) is 10.8 Å². The minimum absolute atomic E-state index is 0.0217. The van der Waals surface area contributed by atoms with Gasteiger partial charge in [-0.15, -0.1) is 0 Å². The number of benzene rings is 1. The topological polar surface area (TPSA) is 80.7 Å². The van der Waals surface area contributed by atoms with E-state index in [4.69, 9.17) is 33.0 Å². The third-order valence-corrected chi connectivity index (χ3v) is 3.35. The summed E-state index contributed by atoms with van der Waals surface area (Å²) in [6, 6.07) is 2.51. The van der Waals surface area contributed by atoms with Crippen molar-refractivity contribution in [1.82, 2.24) is 0 Å². The molecule has 0 spiro atoms. The fraction of sp³-hybridized carbons (Fsp3) is 0.300. The summed E-state index contributed by atoms with van der Waals surface area (Å²) >= 11 is 11.5. The largest absolute Gasteiger partial charge is 0.490 e. The van der Waals surface area contributed by atoms with E-state index in [-0.39, 0.29) is 33.7 Å². The molecule has 0 aromatic heterocycles. The number of carbonyl (C=O) groups is 1. The van der Waals surface area contributed by atoms with Crippen LogP contribution in [0.3, 0.4) is 0 Å². The molecule has 1 aromatic carbocycles. The average molecular weight is 313 g/mol. The number of rotatable bonds is 5. The molecule has 0 aliphatic carbocycles. The highest BCUT2D eigenvalue weighted by atomic mass is 35.5. The Bertz CT molecular complexity index is 568. The molecule has 0 radical (unpaired) electrons. The molecule has 0 heterocycles. The van der Waals surface area contributed by atoms with Crippen LogP contribution in [0.15, 0.2) is 12.1 Å². The lowest BCUT2D eigenvalue weighted by Gasteiger charge is -2.11. The zero-order valence-electron chi connectivity index (χ0n) is 9.31.